The summed E-state index contributed by atoms with van der Waals surface area (Å²) >= 11 is 0. The van der Waals surface area contributed by atoms with Gasteiger partial charge in [0.25, 0.3) is 0 Å². The number of aryl methyl sites for hydroxylation is 2. The van der Waals surface area contributed by atoms with Crippen LogP contribution in [0.25, 0.3) is 0 Å². The van der Waals surface area contributed by atoms with Crippen molar-refractivity contribution in [3.8, 4) is 5.75 Å². The number of alkyl halides is 3. The number of ether oxygens (including phenoxy) is 2. The molecule has 0 atom stereocenters. The van der Waals surface area contributed by atoms with E-state index in [9.17, 15) is 18.0 Å². The summed E-state index contributed by atoms with van der Waals surface area (Å²) in [6.07, 6.45) is -4.54. The Bertz CT molecular complexity index is 788. The number of anilines is 1. The lowest BCUT2D eigenvalue weighted by molar-refractivity contribution is -0.139. The van der Waals surface area contributed by atoms with Crippen molar-refractivity contribution in [2.24, 2.45) is 0 Å². The maximum atomic E-state index is 13.2. The lowest BCUT2D eigenvalue weighted by Crippen LogP contribution is -2.15. The number of hydrogen-bond donors (Lipinski definition) is 1. The Balaban J connectivity index is 2.34. The molecule has 1 N–H and O–H groups in total. The average molecular weight is 367 g/mol. The molecule has 2 aromatic carbocycles. The summed E-state index contributed by atoms with van der Waals surface area (Å²) in [4.78, 5) is 11.5. The fourth-order valence-electron chi connectivity index (χ4n) is 2.56. The summed E-state index contributed by atoms with van der Waals surface area (Å²) in [6.45, 7) is 3.38. The van der Waals surface area contributed by atoms with Gasteiger partial charge in [-0.25, -0.2) is 4.79 Å². The predicted octanol–water partition coefficient (Wildman–Crippen LogP) is 5.33. The minimum Gasteiger partial charge on any atom is -0.488 e. The second-order valence-corrected chi connectivity index (χ2v) is 5.70. The van der Waals surface area contributed by atoms with Crippen molar-refractivity contribution in [3.63, 3.8) is 0 Å². The summed E-state index contributed by atoms with van der Waals surface area (Å²) in [5.41, 5.74) is 1.58. The highest BCUT2D eigenvalue weighted by Crippen LogP contribution is 2.37. The molecule has 0 saturated carbocycles. The highest BCUT2D eigenvalue weighted by molar-refractivity contribution is 5.85. The molecule has 2 rings (SSSR count). The molecule has 0 bridgehead atoms. The van der Waals surface area contributed by atoms with E-state index in [1.54, 1.807) is 25.1 Å². The topological polar surface area (TPSA) is 47.6 Å². The monoisotopic (exact) mass is 367 g/mol. The predicted molar refractivity (Wildman–Crippen MR) is 92.4 cm³/mol. The molecule has 0 aliphatic carbocycles. The molecule has 1 amide bonds. The average Bonchev–Trinajstić information content (AvgIpc) is 2.60. The minimum absolute atomic E-state index is 0.116. The molecule has 0 radical (unpaired) electrons. The number of rotatable bonds is 5. The van der Waals surface area contributed by atoms with Crippen LogP contribution in [0.1, 0.15) is 29.2 Å². The van der Waals surface area contributed by atoms with Gasteiger partial charge in [-0.2, -0.15) is 13.2 Å². The van der Waals surface area contributed by atoms with Crippen LogP contribution in [0.2, 0.25) is 0 Å². The SMILES string of the molecule is CCc1cccc(NC(=O)OC)c1COc1ccc(C)cc1C(F)(F)F. The van der Waals surface area contributed by atoms with Gasteiger partial charge >= 0.3 is 12.3 Å². The first-order valence-electron chi connectivity index (χ1n) is 8.02. The first-order chi connectivity index (χ1) is 12.3. The van der Waals surface area contributed by atoms with Crippen molar-refractivity contribution in [2.75, 3.05) is 12.4 Å². The van der Waals surface area contributed by atoms with E-state index in [-0.39, 0.29) is 12.4 Å². The van der Waals surface area contributed by atoms with Crippen LogP contribution in [0.5, 0.6) is 5.75 Å². The van der Waals surface area contributed by atoms with Crippen molar-refractivity contribution in [3.05, 3.63) is 58.7 Å². The van der Waals surface area contributed by atoms with Crippen LogP contribution in [-0.4, -0.2) is 13.2 Å². The largest absolute Gasteiger partial charge is 0.488 e. The van der Waals surface area contributed by atoms with Crippen LogP contribution in [0, 0.1) is 6.92 Å². The van der Waals surface area contributed by atoms with E-state index in [0.29, 0.717) is 23.2 Å². The van der Waals surface area contributed by atoms with Gasteiger partial charge in [-0.05, 0) is 37.1 Å². The van der Waals surface area contributed by atoms with E-state index in [0.717, 1.165) is 11.6 Å². The second kappa shape index (κ2) is 8.12. The Hall–Kier alpha value is -2.70. The number of amides is 1. The lowest BCUT2D eigenvalue weighted by Gasteiger charge is -2.18. The zero-order valence-electron chi connectivity index (χ0n) is 14.7. The zero-order valence-corrected chi connectivity index (χ0v) is 14.7. The molecule has 7 heteroatoms. The highest BCUT2D eigenvalue weighted by Gasteiger charge is 2.34. The van der Waals surface area contributed by atoms with Crippen molar-refractivity contribution in [1.82, 2.24) is 0 Å². The minimum atomic E-state index is -4.52. The first kappa shape index (κ1) is 19.6. The number of hydrogen-bond acceptors (Lipinski definition) is 3. The van der Waals surface area contributed by atoms with Gasteiger partial charge in [0.15, 0.2) is 0 Å². The Kier molecular flexibility index (Phi) is 6.13. The summed E-state index contributed by atoms with van der Waals surface area (Å²) in [6, 6.07) is 9.15. The molecule has 0 aliphatic heterocycles. The van der Waals surface area contributed by atoms with Gasteiger partial charge in [-0.1, -0.05) is 30.7 Å². The van der Waals surface area contributed by atoms with Crippen LogP contribution in [0.15, 0.2) is 36.4 Å². The number of nitrogens with one attached hydrogen (secondary N) is 1. The quantitative estimate of drug-likeness (QED) is 0.777. The molecular weight excluding hydrogens is 347 g/mol. The normalized spacial score (nSPS) is 11.2. The fraction of sp³-hybridized carbons (Fsp3) is 0.316. The third kappa shape index (κ3) is 4.68. The maximum absolute atomic E-state index is 13.2. The highest BCUT2D eigenvalue weighted by atomic mass is 19.4. The van der Waals surface area contributed by atoms with Gasteiger partial charge in [0.05, 0.1) is 18.4 Å². The van der Waals surface area contributed by atoms with E-state index in [1.165, 1.54) is 13.2 Å². The number of carbonyl (C=O) groups is 1. The molecule has 4 nitrogen and oxygen atoms in total. The van der Waals surface area contributed by atoms with E-state index in [4.69, 9.17) is 4.74 Å². The Labute approximate surface area is 149 Å². The number of methoxy groups -OCH3 is 1. The summed E-state index contributed by atoms with van der Waals surface area (Å²) in [7, 11) is 1.23. The van der Waals surface area contributed by atoms with Gasteiger partial charge < -0.3 is 9.47 Å². The van der Waals surface area contributed by atoms with Crippen LogP contribution in [-0.2, 0) is 23.9 Å². The first-order valence-corrected chi connectivity index (χ1v) is 8.02. The number of carbonyl (C=O) groups excluding carboxylic acids is 1. The smallest absolute Gasteiger partial charge is 0.419 e. The van der Waals surface area contributed by atoms with Gasteiger partial charge in [0.2, 0.25) is 0 Å². The molecule has 0 heterocycles. The molecule has 0 aromatic heterocycles. The van der Waals surface area contributed by atoms with Crippen LogP contribution in [0.4, 0.5) is 23.7 Å². The van der Waals surface area contributed by atoms with E-state index >= 15 is 0 Å². The van der Waals surface area contributed by atoms with Crippen molar-refractivity contribution in [1.29, 1.82) is 0 Å². The molecule has 140 valence electrons. The molecule has 0 saturated heterocycles. The van der Waals surface area contributed by atoms with Gasteiger partial charge in [0, 0.05) is 5.56 Å². The van der Waals surface area contributed by atoms with Crippen molar-refractivity contribution in [2.45, 2.75) is 33.1 Å². The number of benzene rings is 2. The van der Waals surface area contributed by atoms with Crippen LogP contribution < -0.4 is 10.1 Å². The molecule has 0 fully saturated rings. The summed E-state index contributed by atoms with van der Waals surface area (Å²) in [5, 5.41) is 2.56. The lowest BCUT2D eigenvalue weighted by atomic mass is 10.0. The second-order valence-electron chi connectivity index (χ2n) is 5.70. The van der Waals surface area contributed by atoms with Gasteiger partial charge in [-0.15, -0.1) is 0 Å². The fourth-order valence-corrected chi connectivity index (χ4v) is 2.56. The van der Waals surface area contributed by atoms with Crippen LogP contribution in [0.3, 0.4) is 0 Å². The third-order valence-electron chi connectivity index (χ3n) is 3.89. The molecule has 26 heavy (non-hydrogen) atoms. The third-order valence-corrected chi connectivity index (χ3v) is 3.89. The summed E-state index contributed by atoms with van der Waals surface area (Å²) < 4.78 is 49.8. The molecule has 0 unspecified atom stereocenters. The van der Waals surface area contributed by atoms with Crippen molar-refractivity contribution < 1.29 is 27.4 Å². The Morgan fingerprint density at radius 1 is 1.19 bits per heavy atom. The molecular formula is C19H20F3NO3. The van der Waals surface area contributed by atoms with E-state index in [2.05, 4.69) is 10.1 Å². The Morgan fingerprint density at radius 2 is 1.92 bits per heavy atom. The van der Waals surface area contributed by atoms with Gasteiger partial charge in [0.1, 0.15) is 12.4 Å². The standard InChI is InChI=1S/C19H20F3NO3/c1-4-13-6-5-7-16(23-18(24)25-3)14(13)11-26-17-9-8-12(2)10-15(17)19(20,21)22/h5-10H,4,11H2,1-3H3,(H,23,24). The van der Waals surface area contributed by atoms with Crippen LogP contribution >= 0.6 is 0 Å². The van der Waals surface area contributed by atoms with Crippen molar-refractivity contribution >= 4 is 11.8 Å². The molecule has 0 spiro atoms. The molecule has 2 aromatic rings. The summed E-state index contributed by atoms with van der Waals surface area (Å²) in [5.74, 6) is -0.252. The Morgan fingerprint density at radius 3 is 2.54 bits per heavy atom. The van der Waals surface area contributed by atoms with E-state index < -0.39 is 17.8 Å². The zero-order chi connectivity index (χ0) is 19.3. The molecule has 0 aliphatic rings. The van der Waals surface area contributed by atoms with E-state index in [1.807, 2.05) is 13.0 Å². The van der Waals surface area contributed by atoms with Gasteiger partial charge in [-0.3, -0.25) is 5.32 Å². The number of halogens is 3. The maximum Gasteiger partial charge on any atom is 0.419 e.